The number of thiocarbonyl (C=S) groups is 1. The van der Waals surface area contributed by atoms with Gasteiger partial charge in [0.15, 0.2) is 5.11 Å². The van der Waals surface area contributed by atoms with E-state index in [4.69, 9.17) is 33.5 Å². The second-order valence-corrected chi connectivity index (χ2v) is 8.48. The standard InChI is InChI=1S/C19H22ClN3O5S2/c1-21-19(29)22-30(25,26)17-12-13(8-9-16(17)28-3)10-11-23(20)18(24)14-6-4-5-7-15(14)27-2/h4-9,12H,10-11H2,1-3H3,(H2,21,22,29). The molecule has 1 amide bonds. The summed E-state index contributed by atoms with van der Waals surface area (Å²) in [6, 6.07) is 11.4. The van der Waals surface area contributed by atoms with Crippen LogP contribution in [0.5, 0.6) is 11.5 Å². The zero-order chi connectivity index (χ0) is 22.3. The van der Waals surface area contributed by atoms with Gasteiger partial charge in [0.2, 0.25) is 0 Å². The minimum atomic E-state index is -3.95. The highest BCUT2D eigenvalue weighted by molar-refractivity contribution is 7.92. The minimum absolute atomic E-state index is 0.0446. The summed E-state index contributed by atoms with van der Waals surface area (Å²) in [6.07, 6.45) is 0.313. The van der Waals surface area contributed by atoms with Gasteiger partial charge in [-0.2, -0.15) is 0 Å². The maximum atomic E-state index is 12.6. The van der Waals surface area contributed by atoms with Crippen molar-refractivity contribution in [2.45, 2.75) is 11.3 Å². The lowest BCUT2D eigenvalue weighted by atomic mass is 10.1. The van der Waals surface area contributed by atoms with Crippen molar-refractivity contribution in [1.29, 1.82) is 0 Å². The molecule has 0 aliphatic heterocycles. The van der Waals surface area contributed by atoms with E-state index < -0.39 is 15.9 Å². The van der Waals surface area contributed by atoms with Crippen molar-refractivity contribution in [3.05, 3.63) is 53.6 Å². The molecule has 0 spiro atoms. The van der Waals surface area contributed by atoms with Gasteiger partial charge in [-0.1, -0.05) is 18.2 Å². The number of carbonyl (C=O) groups excluding carboxylic acids is 1. The molecule has 0 unspecified atom stereocenters. The molecule has 0 aliphatic carbocycles. The number of halogens is 1. The van der Waals surface area contributed by atoms with Crippen molar-refractivity contribution >= 4 is 45.0 Å². The van der Waals surface area contributed by atoms with Crippen LogP contribution in [-0.2, 0) is 16.4 Å². The number of ether oxygens (including phenoxy) is 2. The Morgan fingerprint density at radius 3 is 2.43 bits per heavy atom. The molecule has 0 fully saturated rings. The normalized spacial score (nSPS) is 10.8. The highest BCUT2D eigenvalue weighted by Crippen LogP contribution is 2.26. The molecule has 8 nitrogen and oxygen atoms in total. The summed E-state index contributed by atoms with van der Waals surface area (Å²) in [6.45, 7) is 0.145. The Kier molecular flexibility index (Phi) is 8.27. The van der Waals surface area contributed by atoms with Crippen LogP contribution in [0.4, 0.5) is 0 Å². The molecule has 0 aromatic heterocycles. The third-order valence-electron chi connectivity index (χ3n) is 4.13. The number of benzene rings is 2. The lowest BCUT2D eigenvalue weighted by Crippen LogP contribution is -2.37. The molecule has 0 atom stereocenters. The Labute approximate surface area is 186 Å². The number of nitrogens with one attached hydrogen (secondary N) is 2. The fourth-order valence-electron chi connectivity index (χ4n) is 2.60. The van der Waals surface area contributed by atoms with Crippen molar-refractivity contribution in [3.63, 3.8) is 0 Å². The van der Waals surface area contributed by atoms with E-state index in [-0.39, 0.29) is 22.3 Å². The summed E-state index contributed by atoms with van der Waals surface area (Å²) in [5.74, 6) is 0.159. The monoisotopic (exact) mass is 471 g/mol. The van der Waals surface area contributed by atoms with Crippen LogP contribution in [0.25, 0.3) is 0 Å². The molecular weight excluding hydrogens is 450 g/mol. The van der Waals surface area contributed by atoms with Crippen molar-refractivity contribution in [2.75, 3.05) is 27.8 Å². The summed E-state index contributed by atoms with van der Waals surface area (Å²) in [4.78, 5) is 12.5. The first-order chi connectivity index (χ1) is 14.2. The number of methoxy groups -OCH3 is 2. The third kappa shape index (κ3) is 5.74. The summed E-state index contributed by atoms with van der Waals surface area (Å²) in [5.41, 5.74) is 0.975. The maximum Gasteiger partial charge on any atom is 0.271 e. The molecular formula is C19H22ClN3O5S2. The summed E-state index contributed by atoms with van der Waals surface area (Å²) in [7, 11) is 0.396. The molecule has 2 aromatic carbocycles. The second-order valence-electron chi connectivity index (χ2n) is 6.01. The lowest BCUT2D eigenvalue weighted by Gasteiger charge is -2.17. The molecule has 0 bridgehead atoms. The SMILES string of the molecule is CNC(=S)NS(=O)(=O)c1cc(CCN(Cl)C(=O)c2ccccc2OC)ccc1OC. The van der Waals surface area contributed by atoms with Crippen LogP contribution in [0.2, 0.25) is 0 Å². The van der Waals surface area contributed by atoms with E-state index in [1.807, 2.05) is 0 Å². The Morgan fingerprint density at radius 2 is 1.80 bits per heavy atom. The fourth-order valence-corrected chi connectivity index (χ4v) is 4.28. The Hall–Kier alpha value is -2.56. The molecule has 0 saturated heterocycles. The maximum absolute atomic E-state index is 12.6. The average Bonchev–Trinajstić information content (AvgIpc) is 2.76. The van der Waals surface area contributed by atoms with Gasteiger partial charge in [0.25, 0.3) is 15.9 Å². The average molecular weight is 472 g/mol. The number of nitrogens with zero attached hydrogens (tertiary/aromatic N) is 1. The van der Waals surface area contributed by atoms with Gasteiger partial charge in [-0.15, -0.1) is 0 Å². The van der Waals surface area contributed by atoms with E-state index in [1.54, 1.807) is 30.3 Å². The fraction of sp³-hybridized carbons (Fsp3) is 0.263. The molecule has 0 heterocycles. The molecule has 2 N–H and O–H groups in total. The van der Waals surface area contributed by atoms with Crippen molar-refractivity contribution in [3.8, 4) is 11.5 Å². The Balaban J connectivity index is 2.19. The number of para-hydroxylation sites is 1. The smallest absolute Gasteiger partial charge is 0.271 e. The second kappa shape index (κ2) is 10.5. The van der Waals surface area contributed by atoms with Gasteiger partial charge >= 0.3 is 0 Å². The molecule has 30 heavy (non-hydrogen) atoms. The molecule has 2 aromatic rings. The van der Waals surface area contributed by atoms with Gasteiger partial charge in [-0.3, -0.25) is 13.9 Å². The molecule has 0 aliphatic rings. The molecule has 11 heteroatoms. The van der Waals surface area contributed by atoms with E-state index in [2.05, 4.69) is 10.0 Å². The first kappa shape index (κ1) is 23.7. The summed E-state index contributed by atoms with van der Waals surface area (Å²) < 4.78 is 38.9. The Bertz CT molecular complexity index is 1030. The largest absolute Gasteiger partial charge is 0.496 e. The van der Waals surface area contributed by atoms with Gasteiger partial charge in [0.1, 0.15) is 16.4 Å². The quantitative estimate of drug-likeness (QED) is 0.450. The van der Waals surface area contributed by atoms with E-state index in [1.165, 1.54) is 33.4 Å². The molecule has 162 valence electrons. The number of amides is 1. The number of rotatable bonds is 8. The topological polar surface area (TPSA) is 97.0 Å². The number of carbonyl (C=O) groups is 1. The lowest BCUT2D eigenvalue weighted by molar-refractivity contribution is 0.0861. The van der Waals surface area contributed by atoms with E-state index in [0.29, 0.717) is 23.3 Å². The zero-order valence-electron chi connectivity index (χ0n) is 16.6. The van der Waals surface area contributed by atoms with Crippen LogP contribution in [0, 0.1) is 0 Å². The highest BCUT2D eigenvalue weighted by atomic mass is 35.5. The summed E-state index contributed by atoms with van der Waals surface area (Å²) in [5, 5.41) is 2.50. The van der Waals surface area contributed by atoms with Crippen LogP contribution in [-0.4, -0.2) is 51.7 Å². The summed E-state index contributed by atoms with van der Waals surface area (Å²) >= 11 is 11.1. The van der Waals surface area contributed by atoms with Gasteiger partial charge in [-0.05, 0) is 48.5 Å². The van der Waals surface area contributed by atoms with Gasteiger partial charge in [-0.25, -0.2) is 8.42 Å². The number of hydrogen-bond acceptors (Lipinski definition) is 6. The van der Waals surface area contributed by atoms with E-state index >= 15 is 0 Å². The predicted octanol–water partition coefficient (Wildman–Crippen LogP) is 2.33. The van der Waals surface area contributed by atoms with Crippen molar-refractivity contribution < 1.29 is 22.7 Å². The first-order valence-corrected chi connectivity index (χ1v) is 11.0. The van der Waals surface area contributed by atoms with E-state index in [9.17, 15) is 13.2 Å². The Morgan fingerprint density at radius 1 is 1.13 bits per heavy atom. The van der Waals surface area contributed by atoms with Gasteiger partial charge < -0.3 is 14.8 Å². The highest BCUT2D eigenvalue weighted by Gasteiger charge is 2.22. The van der Waals surface area contributed by atoms with Crippen LogP contribution >= 0.6 is 24.0 Å². The van der Waals surface area contributed by atoms with Gasteiger partial charge in [0.05, 0.1) is 19.8 Å². The molecule has 0 radical (unpaired) electrons. The zero-order valence-corrected chi connectivity index (χ0v) is 19.0. The van der Waals surface area contributed by atoms with Crippen molar-refractivity contribution in [2.24, 2.45) is 0 Å². The third-order valence-corrected chi connectivity index (χ3v) is 6.26. The van der Waals surface area contributed by atoms with Gasteiger partial charge in [0, 0.05) is 25.4 Å². The number of sulfonamides is 1. The first-order valence-electron chi connectivity index (χ1n) is 8.75. The number of hydrogen-bond donors (Lipinski definition) is 2. The van der Waals surface area contributed by atoms with E-state index in [0.717, 1.165) is 4.42 Å². The predicted molar refractivity (Wildman–Crippen MR) is 119 cm³/mol. The van der Waals surface area contributed by atoms with Crippen LogP contribution < -0.4 is 19.5 Å². The van der Waals surface area contributed by atoms with Crippen LogP contribution in [0.1, 0.15) is 15.9 Å². The van der Waals surface area contributed by atoms with Crippen LogP contribution in [0.3, 0.4) is 0 Å². The molecule has 2 rings (SSSR count). The van der Waals surface area contributed by atoms with Crippen LogP contribution in [0.15, 0.2) is 47.4 Å². The minimum Gasteiger partial charge on any atom is -0.496 e. The molecule has 0 saturated carbocycles. The van der Waals surface area contributed by atoms with Crippen molar-refractivity contribution in [1.82, 2.24) is 14.5 Å².